The first kappa shape index (κ1) is 14.7. The molecule has 1 amide bonds. The lowest BCUT2D eigenvalue weighted by molar-refractivity contribution is -0.169. The molecule has 0 radical (unpaired) electrons. The summed E-state index contributed by atoms with van der Waals surface area (Å²) >= 11 is 0. The molecule has 100 valence electrons. The number of aliphatic hydroxyl groups excluding tert-OH is 1. The number of hydrogen-bond donors (Lipinski definition) is 1. The maximum Gasteiger partial charge on any atom is 0.245 e. The average molecular weight is 251 g/mol. The van der Waals surface area contributed by atoms with E-state index in [0.29, 0.717) is 6.42 Å². The molecule has 1 atom stereocenters. The van der Waals surface area contributed by atoms with Crippen molar-refractivity contribution >= 4 is 5.91 Å². The minimum Gasteiger partial charge on any atom is -0.388 e. The van der Waals surface area contributed by atoms with Gasteiger partial charge in [-0.05, 0) is 31.4 Å². The predicted octanol–water partition coefficient (Wildman–Crippen LogP) is 2.14. The Morgan fingerprint density at radius 2 is 2.11 bits per heavy atom. The number of rotatable bonds is 5. The summed E-state index contributed by atoms with van der Waals surface area (Å²) in [5.74, 6) is -0.138. The Morgan fingerprint density at radius 3 is 2.67 bits per heavy atom. The van der Waals surface area contributed by atoms with Crippen LogP contribution in [0.25, 0.3) is 0 Å². The Labute approximate surface area is 108 Å². The van der Waals surface area contributed by atoms with Crippen LogP contribution < -0.4 is 0 Å². The molecule has 0 saturated heterocycles. The molecule has 0 saturated carbocycles. The lowest BCUT2D eigenvalue weighted by atomic mass is 9.98. The van der Waals surface area contributed by atoms with Crippen molar-refractivity contribution in [3.8, 4) is 0 Å². The van der Waals surface area contributed by atoms with E-state index in [1.807, 2.05) is 32.0 Å². The van der Waals surface area contributed by atoms with Crippen molar-refractivity contribution in [2.24, 2.45) is 0 Å². The number of aryl methyl sites for hydroxylation is 2. The molecule has 0 spiro atoms. The van der Waals surface area contributed by atoms with E-state index in [0.717, 1.165) is 11.1 Å². The van der Waals surface area contributed by atoms with Crippen LogP contribution in [-0.4, -0.2) is 30.2 Å². The zero-order valence-electron chi connectivity index (χ0n) is 11.4. The quantitative estimate of drug-likeness (QED) is 0.816. The van der Waals surface area contributed by atoms with Crippen LogP contribution in [0, 0.1) is 13.8 Å². The van der Waals surface area contributed by atoms with E-state index in [1.54, 1.807) is 7.05 Å². The molecule has 1 rings (SSSR count). The van der Waals surface area contributed by atoms with Crippen LogP contribution in [0.2, 0.25) is 0 Å². The van der Waals surface area contributed by atoms with Gasteiger partial charge in [0.05, 0.1) is 13.2 Å². The monoisotopic (exact) mass is 251 g/mol. The van der Waals surface area contributed by atoms with Crippen molar-refractivity contribution in [2.75, 3.05) is 14.2 Å². The number of hydroxylamine groups is 2. The molecular formula is C14H21NO3. The molecule has 1 unspecified atom stereocenters. The summed E-state index contributed by atoms with van der Waals surface area (Å²) in [4.78, 5) is 16.3. The van der Waals surface area contributed by atoms with Crippen LogP contribution in [-0.2, 0) is 9.63 Å². The number of carbonyl (C=O) groups is 1. The molecular weight excluding hydrogens is 230 g/mol. The summed E-state index contributed by atoms with van der Waals surface area (Å²) in [5.41, 5.74) is 3.10. The molecule has 0 fully saturated rings. The van der Waals surface area contributed by atoms with Gasteiger partial charge in [-0.2, -0.15) is 0 Å². The fraction of sp³-hybridized carbons (Fsp3) is 0.500. The lowest BCUT2D eigenvalue weighted by Gasteiger charge is -2.17. The van der Waals surface area contributed by atoms with Crippen molar-refractivity contribution in [1.29, 1.82) is 0 Å². The van der Waals surface area contributed by atoms with Crippen molar-refractivity contribution < 1.29 is 14.7 Å². The third kappa shape index (κ3) is 3.82. The Hall–Kier alpha value is -1.39. The van der Waals surface area contributed by atoms with Crippen molar-refractivity contribution in [2.45, 2.75) is 32.8 Å². The van der Waals surface area contributed by atoms with Gasteiger partial charge < -0.3 is 5.11 Å². The molecule has 18 heavy (non-hydrogen) atoms. The van der Waals surface area contributed by atoms with Crippen LogP contribution in [0.1, 0.15) is 35.6 Å². The second-order valence-corrected chi connectivity index (χ2v) is 4.49. The van der Waals surface area contributed by atoms with Gasteiger partial charge in [-0.3, -0.25) is 9.63 Å². The minimum atomic E-state index is -0.611. The molecule has 0 bridgehead atoms. The van der Waals surface area contributed by atoms with E-state index in [9.17, 15) is 9.90 Å². The number of aliphatic hydroxyl groups is 1. The molecule has 1 N–H and O–H groups in total. The molecule has 1 aromatic rings. The van der Waals surface area contributed by atoms with Gasteiger partial charge in [0, 0.05) is 13.5 Å². The molecule has 1 aromatic carbocycles. The number of benzene rings is 1. The highest BCUT2D eigenvalue weighted by Gasteiger charge is 2.14. The number of amides is 1. The van der Waals surface area contributed by atoms with Gasteiger partial charge >= 0.3 is 0 Å². The van der Waals surface area contributed by atoms with Crippen LogP contribution in [0.15, 0.2) is 18.2 Å². The summed E-state index contributed by atoms with van der Waals surface area (Å²) in [5, 5.41) is 11.3. The molecule has 0 aromatic heterocycles. The van der Waals surface area contributed by atoms with Crippen LogP contribution >= 0.6 is 0 Å². The third-order valence-electron chi connectivity index (χ3n) is 3.04. The van der Waals surface area contributed by atoms with Crippen LogP contribution in [0.5, 0.6) is 0 Å². The third-order valence-corrected chi connectivity index (χ3v) is 3.04. The highest BCUT2D eigenvalue weighted by Crippen LogP contribution is 2.23. The molecule has 4 nitrogen and oxygen atoms in total. The second kappa shape index (κ2) is 6.52. The molecule has 0 aliphatic carbocycles. The topological polar surface area (TPSA) is 49.8 Å². The van der Waals surface area contributed by atoms with Gasteiger partial charge in [-0.25, -0.2) is 5.06 Å². The standard InChI is InChI=1S/C14H21NO3/c1-10-5-6-12(11(2)9-10)13(16)7-8-14(17)15(3)18-4/h5-6,9,13,16H,7-8H2,1-4H3. The summed E-state index contributed by atoms with van der Waals surface area (Å²) in [6.45, 7) is 3.98. The number of carbonyl (C=O) groups excluding carboxylic acids is 1. The van der Waals surface area contributed by atoms with Gasteiger partial charge in [-0.1, -0.05) is 23.8 Å². The zero-order chi connectivity index (χ0) is 13.7. The summed E-state index contributed by atoms with van der Waals surface area (Å²) in [7, 11) is 3.00. The van der Waals surface area contributed by atoms with E-state index >= 15 is 0 Å². The molecule has 0 aliphatic heterocycles. The fourth-order valence-corrected chi connectivity index (χ4v) is 1.87. The highest BCUT2D eigenvalue weighted by atomic mass is 16.7. The van der Waals surface area contributed by atoms with E-state index < -0.39 is 6.10 Å². The summed E-state index contributed by atoms with van der Waals surface area (Å²) in [6, 6.07) is 5.91. The van der Waals surface area contributed by atoms with Crippen LogP contribution in [0.3, 0.4) is 0 Å². The largest absolute Gasteiger partial charge is 0.388 e. The average Bonchev–Trinajstić information content (AvgIpc) is 2.34. The summed E-state index contributed by atoms with van der Waals surface area (Å²) < 4.78 is 0. The predicted molar refractivity (Wildman–Crippen MR) is 69.9 cm³/mol. The van der Waals surface area contributed by atoms with E-state index in [4.69, 9.17) is 4.84 Å². The van der Waals surface area contributed by atoms with Gasteiger partial charge in [-0.15, -0.1) is 0 Å². The highest BCUT2D eigenvalue weighted by molar-refractivity contribution is 5.74. The smallest absolute Gasteiger partial charge is 0.245 e. The lowest BCUT2D eigenvalue weighted by Crippen LogP contribution is -2.25. The zero-order valence-corrected chi connectivity index (χ0v) is 11.4. The number of nitrogens with zero attached hydrogens (tertiary/aromatic N) is 1. The Bertz CT molecular complexity index is 418. The molecule has 4 heteroatoms. The Balaban J connectivity index is 2.60. The Kier molecular flexibility index (Phi) is 5.31. The van der Waals surface area contributed by atoms with Gasteiger partial charge in [0.25, 0.3) is 0 Å². The van der Waals surface area contributed by atoms with Gasteiger partial charge in [0.15, 0.2) is 0 Å². The SMILES string of the molecule is CON(C)C(=O)CCC(O)c1ccc(C)cc1C. The minimum absolute atomic E-state index is 0.138. The molecule has 0 heterocycles. The maximum atomic E-state index is 11.5. The van der Waals surface area contributed by atoms with Crippen LogP contribution in [0.4, 0.5) is 0 Å². The van der Waals surface area contributed by atoms with Crippen molar-refractivity contribution in [1.82, 2.24) is 5.06 Å². The van der Waals surface area contributed by atoms with E-state index in [2.05, 4.69) is 0 Å². The van der Waals surface area contributed by atoms with Crippen molar-refractivity contribution in [3.05, 3.63) is 34.9 Å². The molecule has 0 aliphatic rings. The van der Waals surface area contributed by atoms with Gasteiger partial charge in [0.2, 0.25) is 5.91 Å². The first-order valence-corrected chi connectivity index (χ1v) is 6.01. The second-order valence-electron chi connectivity index (χ2n) is 4.49. The summed E-state index contributed by atoms with van der Waals surface area (Å²) in [6.07, 6.45) is 0.0507. The van der Waals surface area contributed by atoms with Gasteiger partial charge in [0.1, 0.15) is 0 Å². The first-order valence-electron chi connectivity index (χ1n) is 6.01. The number of hydrogen-bond acceptors (Lipinski definition) is 3. The first-order chi connectivity index (χ1) is 8.45. The van der Waals surface area contributed by atoms with E-state index in [-0.39, 0.29) is 12.3 Å². The van der Waals surface area contributed by atoms with Crippen molar-refractivity contribution in [3.63, 3.8) is 0 Å². The normalized spacial score (nSPS) is 12.3. The van der Waals surface area contributed by atoms with E-state index in [1.165, 1.54) is 17.7 Å². The maximum absolute atomic E-state index is 11.5. The Morgan fingerprint density at radius 1 is 1.44 bits per heavy atom. The fourth-order valence-electron chi connectivity index (χ4n) is 1.87.